The molecular weight excluding hydrogens is 470 g/mol. The first-order chi connectivity index (χ1) is 17.5. The number of carbonyl (C=O) groups excluding carboxylic acids is 1. The molecule has 3 aromatic carbocycles. The van der Waals surface area contributed by atoms with Gasteiger partial charge in [0.05, 0.1) is 12.7 Å². The minimum atomic E-state index is -0.413. The second kappa shape index (κ2) is 10.3. The first kappa shape index (κ1) is 23.7. The molecular formula is C28H27N5O2S. The van der Waals surface area contributed by atoms with E-state index in [9.17, 15) is 4.79 Å². The fourth-order valence-electron chi connectivity index (χ4n) is 4.17. The number of hydrogen-bond acceptors (Lipinski definition) is 6. The van der Waals surface area contributed by atoms with E-state index >= 15 is 0 Å². The van der Waals surface area contributed by atoms with Gasteiger partial charge in [-0.05, 0) is 49.2 Å². The molecule has 1 aliphatic heterocycles. The predicted molar refractivity (Wildman–Crippen MR) is 143 cm³/mol. The maximum Gasteiger partial charge on any atom is 0.255 e. The third-order valence-corrected chi connectivity index (χ3v) is 6.91. The van der Waals surface area contributed by atoms with Gasteiger partial charge in [0.2, 0.25) is 11.1 Å². The first-order valence-electron chi connectivity index (χ1n) is 11.6. The standard InChI is InChI=1S/C28H27N5O2S/c1-18-12-14-21(15-13-18)25-24(26(34)30-22-9-5-4-6-10-22)19(2)29-27-31-28(32-33(25)27)36-17-20-8-7-11-23(16-20)35-3/h4-16,25H,17H2,1-3H3,(H,30,34)(H,29,31,32)/t25-/m0/s1. The van der Waals surface area contributed by atoms with Gasteiger partial charge in [-0.2, -0.15) is 4.98 Å². The third-order valence-electron chi connectivity index (χ3n) is 6.00. The molecule has 8 heteroatoms. The number of aromatic nitrogens is 3. The number of nitrogens with one attached hydrogen (secondary N) is 2. The molecule has 0 aliphatic carbocycles. The van der Waals surface area contributed by atoms with Gasteiger partial charge in [-0.15, -0.1) is 5.10 Å². The number of anilines is 2. The van der Waals surface area contributed by atoms with Gasteiger partial charge in [0, 0.05) is 17.1 Å². The van der Waals surface area contributed by atoms with Gasteiger partial charge < -0.3 is 15.4 Å². The Bertz CT molecular complexity index is 1410. The van der Waals surface area contributed by atoms with Crippen LogP contribution >= 0.6 is 11.8 Å². The zero-order valence-corrected chi connectivity index (χ0v) is 21.2. The highest BCUT2D eigenvalue weighted by Gasteiger charge is 2.34. The molecule has 182 valence electrons. The molecule has 1 aromatic heterocycles. The number of aryl methyl sites for hydroxylation is 1. The van der Waals surface area contributed by atoms with Crippen LogP contribution in [0.25, 0.3) is 0 Å². The molecule has 0 saturated heterocycles. The van der Waals surface area contributed by atoms with E-state index in [1.54, 1.807) is 18.9 Å². The molecule has 0 radical (unpaired) electrons. The minimum absolute atomic E-state index is 0.177. The van der Waals surface area contributed by atoms with Gasteiger partial charge in [0.15, 0.2) is 0 Å². The zero-order chi connectivity index (χ0) is 25.1. The van der Waals surface area contributed by atoms with Crippen molar-refractivity contribution in [1.29, 1.82) is 0 Å². The molecule has 1 amide bonds. The lowest BCUT2D eigenvalue weighted by atomic mass is 9.94. The molecule has 1 atom stereocenters. The van der Waals surface area contributed by atoms with Crippen molar-refractivity contribution in [1.82, 2.24) is 14.8 Å². The van der Waals surface area contributed by atoms with E-state index in [0.29, 0.717) is 22.4 Å². The Balaban J connectivity index is 1.47. The number of benzene rings is 3. The Morgan fingerprint density at radius 2 is 1.83 bits per heavy atom. The Morgan fingerprint density at radius 1 is 1.06 bits per heavy atom. The quantitative estimate of drug-likeness (QED) is 0.314. The summed E-state index contributed by atoms with van der Waals surface area (Å²) in [6, 6.07) is 25.2. The minimum Gasteiger partial charge on any atom is -0.497 e. The molecule has 4 aromatic rings. The second-order valence-corrected chi connectivity index (χ2v) is 9.54. The van der Waals surface area contributed by atoms with Crippen molar-refractivity contribution in [2.45, 2.75) is 30.8 Å². The van der Waals surface area contributed by atoms with Crippen molar-refractivity contribution in [2.75, 3.05) is 17.7 Å². The van der Waals surface area contributed by atoms with Gasteiger partial charge in [-0.3, -0.25) is 4.79 Å². The highest BCUT2D eigenvalue weighted by Crippen LogP contribution is 2.37. The Kier molecular flexibility index (Phi) is 6.77. The van der Waals surface area contributed by atoms with Gasteiger partial charge in [0.25, 0.3) is 5.91 Å². The number of ether oxygens (including phenoxy) is 1. The van der Waals surface area contributed by atoms with E-state index in [4.69, 9.17) is 14.8 Å². The number of methoxy groups -OCH3 is 1. The van der Waals surface area contributed by atoms with Crippen molar-refractivity contribution in [3.63, 3.8) is 0 Å². The highest BCUT2D eigenvalue weighted by atomic mass is 32.2. The smallest absolute Gasteiger partial charge is 0.255 e. The monoisotopic (exact) mass is 497 g/mol. The predicted octanol–water partition coefficient (Wildman–Crippen LogP) is 5.82. The van der Waals surface area contributed by atoms with Crippen molar-refractivity contribution in [2.24, 2.45) is 0 Å². The fraction of sp³-hybridized carbons (Fsp3) is 0.179. The van der Waals surface area contributed by atoms with E-state index in [-0.39, 0.29) is 5.91 Å². The molecule has 36 heavy (non-hydrogen) atoms. The van der Waals surface area contributed by atoms with Crippen molar-refractivity contribution in [3.05, 3.63) is 107 Å². The number of carbonyl (C=O) groups is 1. The van der Waals surface area contributed by atoms with Crippen LogP contribution in [0.5, 0.6) is 5.75 Å². The maximum absolute atomic E-state index is 13.5. The SMILES string of the molecule is COc1cccc(CSc2nc3n(n2)[C@@H](c2ccc(C)cc2)C(C(=O)Nc2ccccc2)=C(C)N3)c1. The van der Waals surface area contributed by atoms with Gasteiger partial charge in [-0.1, -0.05) is 71.9 Å². The number of amides is 1. The lowest BCUT2D eigenvalue weighted by molar-refractivity contribution is -0.113. The van der Waals surface area contributed by atoms with Crippen LogP contribution in [0.1, 0.15) is 29.7 Å². The van der Waals surface area contributed by atoms with E-state index in [2.05, 4.69) is 28.8 Å². The molecule has 0 fully saturated rings. The Hall–Kier alpha value is -4.04. The Labute approximate surface area is 214 Å². The number of fused-ring (bicyclic) bond motifs is 1. The molecule has 5 rings (SSSR count). The third kappa shape index (κ3) is 4.99. The van der Waals surface area contributed by atoms with Crippen LogP contribution in [-0.4, -0.2) is 27.8 Å². The van der Waals surface area contributed by atoms with Crippen LogP contribution in [-0.2, 0) is 10.5 Å². The Morgan fingerprint density at radius 3 is 2.58 bits per heavy atom. The van der Waals surface area contributed by atoms with Crippen LogP contribution in [0.3, 0.4) is 0 Å². The maximum atomic E-state index is 13.5. The van der Waals surface area contributed by atoms with Crippen LogP contribution in [0.2, 0.25) is 0 Å². The van der Waals surface area contributed by atoms with Crippen molar-refractivity contribution < 1.29 is 9.53 Å². The lowest BCUT2D eigenvalue weighted by Crippen LogP contribution is -2.31. The van der Waals surface area contributed by atoms with E-state index in [1.807, 2.05) is 79.2 Å². The molecule has 0 unspecified atom stereocenters. The summed E-state index contributed by atoms with van der Waals surface area (Å²) in [5.74, 6) is 1.95. The number of allylic oxidation sites excluding steroid dienone is 1. The summed E-state index contributed by atoms with van der Waals surface area (Å²) >= 11 is 1.54. The molecule has 2 N–H and O–H groups in total. The van der Waals surface area contributed by atoms with Crippen molar-refractivity contribution >= 4 is 29.3 Å². The van der Waals surface area contributed by atoms with E-state index in [1.165, 1.54) is 0 Å². The number of nitrogens with zero attached hydrogens (tertiary/aromatic N) is 3. The molecule has 2 heterocycles. The summed E-state index contributed by atoms with van der Waals surface area (Å²) in [5, 5.41) is 11.8. The van der Waals surface area contributed by atoms with Gasteiger partial charge in [0.1, 0.15) is 11.8 Å². The molecule has 0 spiro atoms. The van der Waals surface area contributed by atoms with Crippen LogP contribution in [0, 0.1) is 6.92 Å². The average molecular weight is 498 g/mol. The summed E-state index contributed by atoms with van der Waals surface area (Å²) in [6.45, 7) is 3.95. The largest absolute Gasteiger partial charge is 0.497 e. The fourth-order valence-corrected chi connectivity index (χ4v) is 4.95. The topological polar surface area (TPSA) is 81.1 Å². The summed E-state index contributed by atoms with van der Waals surface area (Å²) < 4.78 is 7.15. The zero-order valence-electron chi connectivity index (χ0n) is 20.4. The van der Waals surface area contributed by atoms with Crippen molar-refractivity contribution in [3.8, 4) is 5.75 Å². The first-order valence-corrected chi connectivity index (χ1v) is 12.6. The molecule has 0 bridgehead atoms. The van der Waals surface area contributed by atoms with Gasteiger partial charge >= 0.3 is 0 Å². The molecule has 7 nitrogen and oxygen atoms in total. The second-order valence-electron chi connectivity index (χ2n) is 8.60. The van der Waals surface area contributed by atoms with E-state index < -0.39 is 6.04 Å². The number of rotatable bonds is 7. The van der Waals surface area contributed by atoms with Gasteiger partial charge in [-0.25, -0.2) is 4.68 Å². The van der Waals surface area contributed by atoms with Crippen LogP contribution in [0.15, 0.2) is 95.3 Å². The summed E-state index contributed by atoms with van der Waals surface area (Å²) in [7, 11) is 1.66. The normalized spacial score (nSPS) is 14.7. The molecule has 1 aliphatic rings. The van der Waals surface area contributed by atoms with Crippen LogP contribution in [0.4, 0.5) is 11.6 Å². The van der Waals surface area contributed by atoms with E-state index in [0.717, 1.165) is 33.8 Å². The number of thioether (sulfide) groups is 1. The van der Waals surface area contributed by atoms with Crippen LogP contribution < -0.4 is 15.4 Å². The summed E-state index contributed by atoms with van der Waals surface area (Å²) in [6.07, 6.45) is 0. The average Bonchev–Trinajstić information content (AvgIpc) is 3.30. The number of para-hydroxylation sites is 1. The highest BCUT2D eigenvalue weighted by molar-refractivity contribution is 7.98. The summed E-state index contributed by atoms with van der Waals surface area (Å²) in [4.78, 5) is 18.3. The molecule has 0 saturated carbocycles. The lowest BCUT2D eigenvalue weighted by Gasteiger charge is -2.28. The number of hydrogen-bond donors (Lipinski definition) is 2. The summed E-state index contributed by atoms with van der Waals surface area (Å²) in [5.41, 5.74) is 5.33.